The first kappa shape index (κ1) is 13.4. The van der Waals surface area contributed by atoms with Crippen LogP contribution in [0.5, 0.6) is 5.75 Å². The Bertz CT molecular complexity index is 429. The third-order valence-corrected chi connectivity index (χ3v) is 4.08. The van der Waals surface area contributed by atoms with E-state index in [4.69, 9.17) is 4.74 Å². The topological polar surface area (TPSA) is 21.3 Å². The second kappa shape index (κ2) is 4.58. The van der Waals surface area contributed by atoms with Crippen molar-refractivity contribution < 1.29 is 4.74 Å². The first-order valence-electron chi connectivity index (χ1n) is 6.72. The molecule has 2 heteroatoms. The summed E-state index contributed by atoms with van der Waals surface area (Å²) in [5.74, 6) is 1.03. The van der Waals surface area contributed by atoms with Crippen LogP contribution in [0.15, 0.2) is 18.2 Å². The molecule has 100 valence electrons. The Morgan fingerprint density at radius 1 is 1.28 bits per heavy atom. The number of ether oxygens (including phenoxy) is 1. The van der Waals surface area contributed by atoms with Crippen LogP contribution >= 0.6 is 0 Å². The summed E-state index contributed by atoms with van der Waals surface area (Å²) in [6.07, 6.45) is 2.45. The summed E-state index contributed by atoms with van der Waals surface area (Å²) in [7, 11) is 3.81. The number of nitrogens with one attached hydrogen (secondary N) is 1. The molecule has 0 bridgehead atoms. The summed E-state index contributed by atoms with van der Waals surface area (Å²) < 4.78 is 5.57. The van der Waals surface area contributed by atoms with E-state index >= 15 is 0 Å². The standard InChI is InChI=1S/C16H25NO/c1-12-6-7-14(18-5)13(8-12)16(11-17-4)9-15(2,3)10-16/h6-8,17H,9-11H2,1-5H3. The molecule has 1 fully saturated rings. The molecule has 0 amide bonds. The van der Waals surface area contributed by atoms with E-state index in [0.717, 1.165) is 12.3 Å². The zero-order valence-corrected chi connectivity index (χ0v) is 12.3. The molecular formula is C16H25NO. The van der Waals surface area contributed by atoms with Crippen molar-refractivity contribution >= 4 is 0 Å². The lowest BCUT2D eigenvalue weighted by atomic mass is 9.51. The summed E-state index contributed by atoms with van der Waals surface area (Å²) in [6, 6.07) is 6.53. The molecule has 1 aliphatic carbocycles. The number of methoxy groups -OCH3 is 1. The fraction of sp³-hybridized carbons (Fsp3) is 0.625. The average Bonchev–Trinajstić information content (AvgIpc) is 2.26. The van der Waals surface area contributed by atoms with E-state index in [0.29, 0.717) is 5.41 Å². The van der Waals surface area contributed by atoms with E-state index in [1.165, 1.54) is 24.0 Å². The Labute approximate surface area is 111 Å². The van der Waals surface area contributed by atoms with Gasteiger partial charge in [0.25, 0.3) is 0 Å². The number of hydrogen-bond donors (Lipinski definition) is 1. The van der Waals surface area contributed by atoms with Gasteiger partial charge in [0.05, 0.1) is 7.11 Å². The minimum atomic E-state index is 0.246. The molecule has 0 unspecified atom stereocenters. The lowest BCUT2D eigenvalue weighted by Gasteiger charge is -2.54. The molecule has 18 heavy (non-hydrogen) atoms. The first-order valence-corrected chi connectivity index (χ1v) is 6.72. The van der Waals surface area contributed by atoms with Gasteiger partial charge in [0.15, 0.2) is 0 Å². The third kappa shape index (κ3) is 2.26. The van der Waals surface area contributed by atoms with Crippen LogP contribution < -0.4 is 10.1 Å². The van der Waals surface area contributed by atoms with Gasteiger partial charge in [0.2, 0.25) is 0 Å². The Kier molecular flexibility index (Phi) is 3.41. The monoisotopic (exact) mass is 247 g/mol. The molecule has 0 aromatic heterocycles. The highest BCUT2D eigenvalue weighted by atomic mass is 16.5. The fourth-order valence-electron chi connectivity index (χ4n) is 3.77. The molecule has 1 aromatic rings. The van der Waals surface area contributed by atoms with Gasteiger partial charge in [-0.15, -0.1) is 0 Å². The van der Waals surface area contributed by atoms with Crippen molar-refractivity contribution in [2.45, 2.75) is 39.0 Å². The van der Waals surface area contributed by atoms with Crippen molar-refractivity contribution in [3.63, 3.8) is 0 Å². The van der Waals surface area contributed by atoms with Gasteiger partial charge in [0.1, 0.15) is 5.75 Å². The summed E-state index contributed by atoms with van der Waals surface area (Å²) in [6.45, 7) is 7.88. The normalized spacial score (nSPS) is 20.3. The van der Waals surface area contributed by atoms with E-state index in [2.05, 4.69) is 44.3 Å². The molecule has 0 saturated heterocycles. The van der Waals surface area contributed by atoms with E-state index in [9.17, 15) is 0 Å². The largest absolute Gasteiger partial charge is 0.496 e. The molecule has 1 aliphatic rings. The Hall–Kier alpha value is -1.02. The Balaban J connectivity index is 2.41. The highest BCUT2D eigenvalue weighted by molar-refractivity contribution is 5.45. The van der Waals surface area contributed by atoms with Gasteiger partial charge in [-0.2, -0.15) is 0 Å². The minimum Gasteiger partial charge on any atom is -0.496 e. The molecule has 2 nitrogen and oxygen atoms in total. The first-order chi connectivity index (χ1) is 8.42. The van der Waals surface area contributed by atoms with E-state index < -0.39 is 0 Å². The number of hydrogen-bond acceptors (Lipinski definition) is 2. The van der Waals surface area contributed by atoms with Crippen molar-refractivity contribution in [2.24, 2.45) is 5.41 Å². The van der Waals surface area contributed by atoms with Crippen LogP contribution in [0.1, 0.15) is 37.8 Å². The molecule has 1 aromatic carbocycles. The van der Waals surface area contributed by atoms with Crippen LogP contribution in [0, 0.1) is 12.3 Å². The maximum Gasteiger partial charge on any atom is 0.122 e. The molecule has 2 rings (SSSR count). The van der Waals surface area contributed by atoms with Crippen LogP contribution in [-0.2, 0) is 5.41 Å². The predicted octanol–water partition coefficient (Wildman–Crippen LogP) is 3.28. The maximum absolute atomic E-state index is 5.57. The molecule has 0 aliphatic heterocycles. The zero-order valence-electron chi connectivity index (χ0n) is 12.3. The van der Waals surface area contributed by atoms with Crippen LogP contribution in [0.2, 0.25) is 0 Å². The molecule has 0 spiro atoms. The van der Waals surface area contributed by atoms with Crippen molar-refractivity contribution in [3.8, 4) is 5.75 Å². The second-order valence-corrected chi connectivity index (χ2v) is 6.53. The lowest BCUT2D eigenvalue weighted by Crippen LogP contribution is -2.52. The SMILES string of the molecule is CNCC1(c2cc(C)ccc2OC)CC(C)(C)C1. The lowest BCUT2D eigenvalue weighted by molar-refractivity contribution is 0.0559. The van der Waals surface area contributed by atoms with Gasteiger partial charge in [-0.3, -0.25) is 0 Å². The van der Waals surface area contributed by atoms with Gasteiger partial charge in [-0.1, -0.05) is 31.5 Å². The molecule has 0 atom stereocenters. The third-order valence-electron chi connectivity index (χ3n) is 4.08. The maximum atomic E-state index is 5.57. The molecule has 1 saturated carbocycles. The van der Waals surface area contributed by atoms with E-state index in [-0.39, 0.29) is 5.41 Å². The van der Waals surface area contributed by atoms with Crippen molar-refractivity contribution in [2.75, 3.05) is 20.7 Å². The van der Waals surface area contributed by atoms with Gasteiger partial charge in [0, 0.05) is 17.5 Å². The molecule has 0 heterocycles. The Morgan fingerprint density at radius 2 is 1.94 bits per heavy atom. The summed E-state index contributed by atoms with van der Waals surface area (Å²) in [5, 5.41) is 3.36. The average molecular weight is 247 g/mol. The number of rotatable bonds is 4. The minimum absolute atomic E-state index is 0.246. The number of benzene rings is 1. The van der Waals surface area contributed by atoms with Gasteiger partial charge < -0.3 is 10.1 Å². The highest BCUT2D eigenvalue weighted by Crippen LogP contribution is 2.56. The predicted molar refractivity (Wildman–Crippen MR) is 76.4 cm³/mol. The van der Waals surface area contributed by atoms with Crippen LogP contribution in [0.4, 0.5) is 0 Å². The second-order valence-electron chi connectivity index (χ2n) is 6.53. The number of likely N-dealkylation sites (N-methyl/N-ethyl adjacent to an activating group) is 1. The van der Waals surface area contributed by atoms with Gasteiger partial charge >= 0.3 is 0 Å². The molecular weight excluding hydrogens is 222 g/mol. The van der Waals surface area contributed by atoms with Gasteiger partial charge in [-0.25, -0.2) is 0 Å². The van der Waals surface area contributed by atoms with Crippen molar-refractivity contribution in [1.29, 1.82) is 0 Å². The summed E-state index contributed by atoms with van der Waals surface area (Å²) in [4.78, 5) is 0. The summed E-state index contributed by atoms with van der Waals surface area (Å²) >= 11 is 0. The summed E-state index contributed by atoms with van der Waals surface area (Å²) in [5.41, 5.74) is 3.38. The van der Waals surface area contributed by atoms with Crippen LogP contribution in [-0.4, -0.2) is 20.7 Å². The van der Waals surface area contributed by atoms with Gasteiger partial charge in [-0.05, 0) is 38.3 Å². The zero-order chi connectivity index (χ0) is 13.4. The van der Waals surface area contributed by atoms with Crippen LogP contribution in [0.3, 0.4) is 0 Å². The van der Waals surface area contributed by atoms with Crippen LogP contribution in [0.25, 0.3) is 0 Å². The quantitative estimate of drug-likeness (QED) is 0.881. The molecule has 1 N–H and O–H groups in total. The van der Waals surface area contributed by atoms with Crippen molar-refractivity contribution in [1.82, 2.24) is 5.32 Å². The van der Waals surface area contributed by atoms with Crippen molar-refractivity contribution in [3.05, 3.63) is 29.3 Å². The molecule has 0 radical (unpaired) electrons. The smallest absolute Gasteiger partial charge is 0.122 e. The van der Waals surface area contributed by atoms with E-state index in [1.807, 2.05) is 7.05 Å². The Morgan fingerprint density at radius 3 is 2.44 bits per heavy atom. The highest BCUT2D eigenvalue weighted by Gasteiger charge is 2.50. The number of aryl methyl sites for hydroxylation is 1. The fourth-order valence-corrected chi connectivity index (χ4v) is 3.77. The van der Waals surface area contributed by atoms with E-state index in [1.54, 1.807) is 7.11 Å².